The van der Waals surface area contributed by atoms with Gasteiger partial charge in [-0.25, -0.2) is 0 Å². The van der Waals surface area contributed by atoms with Crippen LogP contribution in [-0.4, -0.2) is 34.8 Å². The summed E-state index contributed by atoms with van der Waals surface area (Å²) in [5.74, 6) is 1.21. The van der Waals surface area contributed by atoms with Crippen molar-refractivity contribution in [3.05, 3.63) is 0 Å². The minimum atomic E-state index is -0.634. The van der Waals surface area contributed by atoms with Gasteiger partial charge in [0.05, 0.1) is 0 Å². The van der Waals surface area contributed by atoms with Crippen LogP contribution in [0.15, 0.2) is 0 Å². The number of amides is 2. The highest BCUT2D eigenvalue weighted by atomic mass is 16.2. The Hall–Kier alpha value is -1.06. The van der Waals surface area contributed by atoms with E-state index in [1.807, 2.05) is 11.8 Å². The first-order valence-corrected chi connectivity index (χ1v) is 8.19. The lowest BCUT2D eigenvalue weighted by molar-refractivity contribution is -0.157. The molecule has 2 amide bonds. The predicted octanol–water partition coefficient (Wildman–Crippen LogP) is 2.08. The Kier molecular flexibility index (Phi) is 3.51. The summed E-state index contributed by atoms with van der Waals surface area (Å²) in [6, 6.07) is -0.236. The monoisotopic (exact) mass is 278 g/mol. The zero-order chi connectivity index (χ0) is 14.3. The molecule has 0 aromatic rings. The van der Waals surface area contributed by atoms with Crippen molar-refractivity contribution in [1.82, 2.24) is 10.2 Å². The smallest absolute Gasteiger partial charge is 0.249 e. The molecule has 2 atom stereocenters. The molecule has 2 unspecified atom stereocenters. The fourth-order valence-corrected chi connectivity index (χ4v) is 3.64. The SMILES string of the molecule is CCCC1C(=O)NC(C)(C2CC2)C(=O)N1CC1CCC1. The van der Waals surface area contributed by atoms with E-state index in [1.165, 1.54) is 19.3 Å². The van der Waals surface area contributed by atoms with Crippen LogP contribution in [0.25, 0.3) is 0 Å². The van der Waals surface area contributed by atoms with E-state index in [1.54, 1.807) is 0 Å². The van der Waals surface area contributed by atoms with Gasteiger partial charge in [-0.2, -0.15) is 0 Å². The van der Waals surface area contributed by atoms with Crippen LogP contribution in [0, 0.1) is 11.8 Å². The molecule has 0 radical (unpaired) electrons. The standard InChI is InChI=1S/C16H26N2O2/c1-3-5-13-14(19)17-16(2,12-8-9-12)15(20)18(13)10-11-6-4-7-11/h11-13H,3-10H2,1-2H3,(H,17,19). The summed E-state index contributed by atoms with van der Waals surface area (Å²) in [7, 11) is 0. The van der Waals surface area contributed by atoms with Gasteiger partial charge in [0.25, 0.3) is 0 Å². The molecule has 2 saturated carbocycles. The molecule has 3 aliphatic rings. The highest BCUT2D eigenvalue weighted by Gasteiger charge is 2.55. The van der Waals surface area contributed by atoms with Gasteiger partial charge in [-0.15, -0.1) is 0 Å². The molecule has 2 aliphatic carbocycles. The molecule has 4 heteroatoms. The highest BCUT2D eigenvalue weighted by Crippen LogP contribution is 2.43. The maximum atomic E-state index is 12.9. The highest BCUT2D eigenvalue weighted by molar-refractivity contribution is 6.00. The van der Waals surface area contributed by atoms with E-state index in [2.05, 4.69) is 12.2 Å². The second-order valence-electron chi connectivity index (χ2n) is 7.02. The normalized spacial score (nSPS) is 34.9. The summed E-state index contributed by atoms with van der Waals surface area (Å²) < 4.78 is 0. The van der Waals surface area contributed by atoms with E-state index < -0.39 is 5.54 Å². The maximum absolute atomic E-state index is 12.9. The van der Waals surface area contributed by atoms with Gasteiger partial charge in [0.2, 0.25) is 11.8 Å². The van der Waals surface area contributed by atoms with E-state index in [9.17, 15) is 9.59 Å². The summed E-state index contributed by atoms with van der Waals surface area (Å²) in [4.78, 5) is 27.3. The molecule has 1 aliphatic heterocycles. The van der Waals surface area contributed by atoms with Crippen molar-refractivity contribution in [3.8, 4) is 0 Å². The fourth-order valence-electron chi connectivity index (χ4n) is 3.64. The summed E-state index contributed by atoms with van der Waals surface area (Å²) in [5.41, 5.74) is -0.634. The van der Waals surface area contributed by atoms with Gasteiger partial charge in [0.15, 0.2) is 0 Å². The van der Waals surface area contributed by atoms with Crippen molar-refractivity contribution in [2.75, 3.05) is 6.54 Å². The van der Waals surface area contributed by atoms with E-state index in [0.717, 1.165) is 32.2 Å². The van der Waals surface area contributed by atoms with Crippen molar-refractivity contribution in [2.24, 2.45) is 11.8 Å². The quantitative estimate of drug-likeness (QED) is 0.837. The van der Waals surface area contributed by atoms with E-state index in [-0.39, 0.29) is 17.9 Å². The van der Waals surface area contributed by atoms with Crippen molar-refractivity contribution >= 4 is 11.8 Å². The number of hydrogen-bond donors (Lipinski definition) is 1. The first-order chi connectivity index (χ1) is 9.56. The number of rotatable bonds is 5. The van der Waals surface area contributed by atoms with Crippen molar-refractivity contribution in [1.29, 1.82) is 0 Å². The Labute approximate surface area is 121 Å². The van der Waals surface area contributed by atoms with Crippen LogP contribution in [0.2, 0.25) is 0 Å². The van der Waals surface area contributed by atoms with Crippen LogP contribution in [0.3, 0.4) is 0 Å². The van der Waals surface area contributed by atoms with Crippen LogP contribution < -0.4 is 5.32 Å². The molecule has 1 N–H and O–H groups in total. The molecule has 20 heavy (non-hydrogen) atoms. The number of nitrogens with zero attached hydrogens (tertiary/aromatic N) is 1. The second-order valence-corrected chi connectivity index (χ2v) is 7.02. The third-order valence-corrected chi connectivity index (χ3v) is 5.40. The van der Waals surface area contributed by atoms with E-state index in [0.29, 0.717) is 11.8 Å². The Morgan fingerprint density at radius 3 is 2.45 bits per heavy atom. The summed E-state index contributed by atoms with van der Waals surface area (Å²) >= 11 is 0. The van der Waals surface area contributed by atoms with Gasteiger partial charge < -0.3 is 10.2 Å². The molecule has 1 heterocycles. The number of hydrogen-bond acceptors (Lipinski definition) is 2. The molecule has 0 aromatic carbocycles. The summed E-state index contributed by atoms with van der Waals surface area (Å²) in [5, 5.41) is 3.05. The lowest BCUT2D eigenvalue weighted by atomic mass is 9.82. The van der Waals surface area contributed by atoms with Crippen LogP contribution in [0.1, 0.15) is 58.8 Å². The van der Waals surface area contributed by atoms with Gasteiger partial charge in [0.1, 0.15) is 11.6 Å². The van der Waals surface area contributed by atoms with Crippen LogP contribution in [0.4, 0.5) is 0 Å². The molecule has 3 rings (SSSR count). The molecule has 0 spiro atoms. The Balaban J connectivity index is 1.81. The average Bonchev–Trinajstić information content (AvgIpc) is 3.18. The molecule has 4 nitrogen and oxygen atoms in total. The number of piperazine rings is 1. The maximum Gasteiger partial charge on any atom is 0.249 e. The molecule has 0 aromatic heterocycles. The molecular formula is C16H26N2O2. The van der Waals surface area contributed by atoms with Crippen LogP contribution >= 0.6 is 0 Å². The topological polar surface area (TPSA) is 49.4 Å². The Bertz CT molecular complexity index is 415. The predicted molar refractivity (Wildman–Crippen MR) is 77.0 cm³/mol. The van der Waals surface area contributed by atoms with Crippen molar-refractivity contribution < 1.29 is 9.59 Å². The lowest BCUT2D eigenvalue weighted by Crippen LogP contribution is -2.70. The van der Waals surface area contributed by atoms with Gasteiger partial charge >= 0.3 is 0 Å². The third-order valence-electron chi connectivity index (χ3n) is 5.40. The van der Waals surface area contributed by atoms with E-state index >= 15 is 0 Å². The zero-order valence-corrected chi connectivity index (χ0v) is 12.7. The average molecular weight is 278 g/mol. The van der Waals surface area contributed by atoms with Crippen molar-refractivity contribution in [2.45, 2.75) is 70.4 Å². The van der Waals surface area contributed by atoms with Gasteiger partial charge in [-0.1, -0.05) is 19.8 Å². The summed E-state index contributed by atoms with van der Waals surface area (Å²) in [6.07, 6.45) is 7.56. The molecule has 112 valence electrons. The van der Waals surface area contributed by atoms with E-state index in [4.69, 9.17) is 0 Å². The minimum absolute atomic E-state index is 0.0696. The number of carbonyl (C=O) groups excluding carboxylic acids is 2. The lowest BCUT2D eigenvalue weighted by Gasteiger charge is -2.46. The minimum Gasteiger partial charge on any atom is -0.340 e. The third kappa shape index (κ3) is 2.23. The van der Waals surface area contributed by atoms with Gasteiger partial charge in [0, 0.05) is 6.54 Å². The molecule has 0 bridgehead atoms. The van der Waals surface area contributed by atoms with Gasteiger partial charge in [-0.3, -0.25) is 9.59 Å². The second kappa shape index (κ2) is 5.05. The van der Waals surface area contributed by atoms with Gasteiger partial charge in [-0.05, 0) is 50.9 Å². The molecule has 1 saturated heterocycles. The largest absolute Gasteiger partial charge is 0.340 e. The van der Waals surface area contributed by atoms with Crippen LogP contribution in [-0.2, 0) is 9.59 Å². The van der Waals surface area contributed by atoms with Crippen LogP contribution in [0.5, 0.6) is 0 Å². The molecule has 3 fully saturated rings. The fraction of sp³-hybridized carbons (Fsp3) is 0.875. The first kappa shape index (κ1) is 13.9. The first-order valence-electron chi connectivity index (χ1n) is 8.19. The number of carbonyl (C=O) groups is 2. The van der Waals surface area contributed by atoms with Crippen molar-refractivity contribution in [3.63, 3.8) is 0 Å². The number of nitrogens with one attached hydrogen (secondary N) is 1. The summed E-state index contributed by atoms with van der Waals surface area (Å²) in [6.45, 7) is 4.80. The molecular weight excluding hydrogens is 252 g/mol. The zero-order valence-electron chi connectivity index (χ0n) is 12.7. The Morgan fingerprint density at radius 2 is 1.95 bits per heavy atom. The Morgan fingerprint density at radius 1 is 1.25 bits per heavy atom.